The Kier molecular flexibility index (Phi) is 2.68. The van der Waals surface area contributed by atoms with Gasteiger partial charge in [0.15, 0.2) is 0 Å². The van der Waals surface area contributed by atoms with E-state index in [-0.39, 0.29) is 16.7 Å². The Morgan fingerprint density at radius 2 is 1.65 bits per heavy atom. The fourth-order valence-electron chi connectivity index (χ4n) is 3.10. The highest BCUT2D eigenvalue weighted by molar-refractivity contribution is 5.88. The molecule has 2 rings (SSSR count). The molecule has 1 aromatic rings. The maximum atomic E-state index is 12.4. The van der Waals surface area contributed by atoms with Gasteiger partial charge in [0.25, 0.3) is 0 Å². The summed E-state index contributed by atoms with van der Waals surface area (Å²) in [7, 11) is 0. The van der Waals surface area contributed by atoms with E-state index >= 15 is 0 Å². The van der Waals surface area contributed by atoms with Crippen molar-refractivity contribution in [3.05, 3.63) is 35.4 Å². The molecular formula is C16H22O. The Labute approximate surface area is 104 Å². The quantitative estimate of drug-likeness (QED) is 0.772. The number of carbonyl (C=O) groups excluding carboxylic acids is 1. The summed E-state index contributed by atoms with van der Waals surface area (Å²) in [5.74, 6) is 0.615. The molecular weight excluding hydrogens is 208 g/mol. The van der Waals surface area contributed by atoms with Crippen molar-refractivity contribution < 1.29 is 4.79 Å². The van der Waals surface area contributed by atoms with Gasteiger partial charge in [-0.15, -0.1) is 0 Å². The maximum Gasteiger partial charge on any atom is 0.141 e. The van der Waals surface area contributed by atoms with Crippen molar-refractivity contribution in [3.63, 3.8) is 0 Å². The van der Waals surface area contributed by atoms with Gasteiger partial charge in [-0.1, -0.05) is 52.0 Å². The van der Waals surface area contributed by atoms with Crippen LogP contribution in [-0.2, 0) is 11.2 Å². The molecule has 0 aliphatic heterocycles. The monoisotopic (exact) mass is 230 g/mol. The second kappa shape index (κ2) is 3.69. The molecule has 1 aromatic carbocycles. The van der Waals surface area contributed by atoms with E-state index in [4.69, 9.17) is 0 Å². The van der Waals surface area contributed by atoms with Crippen LogP contribution in [0.4, 0.5) is 0 Å². The fourth-order valence-corrected chi connectivity index (χ4v) is 3.10. The molecule has 17 heavy (non-hydrogen) atoms. The standard InChI is InChI=1S/C16H22O/c1-11-8-6-7-9-12(11)10-13(17)14-15(2,3)16(14,4)5/h6-9,14H,10H2,1-5H3. The number of hydrogen-bond acceptors (Lipinski definition) is 1. The summed E-state index contributed by atoms with van der Waals surface area (Å²) in [6, 6.07) is 8.18. The molecule has 0 atom stereocenters. The number of ketones is 1. The van der Waals surface area contributed by atoms with E-state index in [1.54, 1.807) is 0 Å². The molecule has 0 spiro atoms. The van der Waals surface area contributed by atoms with Crippen molar-refractivity contribution in [2.24, 2.45) is 16.7 Å². The molecule has 1 heteroatoms. The number of benzene rings is 1. The highest BCUT2D eigenvalue weighted by Crippen LogP contribution is 2.68. The molecule has 0 amide bonds. The van der Waals surface area contributed by atoms with Gasteiger partial charge >= 0.3 is 0 Å². The van der Waals surface area contributed by atoms with E-state index in [0.29, 0.717) is 12.2 Å². The number of aryl methyl sites for hydroxylation is 1. The largest absolute Gasteiger partial charge is 0.299 e. The van der Waals surface area contributed by atoms with Gasteiger partial charge in [-0.3, -0.25) is 4.79 Å². The fraction of sp³-hybridized carbons (Fsp3) is 0.562. The van der Waals surface area contributed by atoms with Gasteiger partial charge in [0, 0.05) is 12.3 Å². The third kappa shape index (κ3) is 1.82. The zero-order chi connectivity index (χ0) is 12.8. The first-order chi connectivity index (χ1) is 7.78. The summed E-state index contributed by atoms with van der Waals surface area (Å²) >= 11 is 0. The third-order valence-electron chi connectivity index (χ3n) is 4.97. The van der Waals surface area contributed by atoms with Crippen molar-refractivity contribution in [1.29, 1.82) is 0 Å². The van der Waals surface area contributed by atoms with Crippen LogP contribution in [0.3, 0.4) is 0 Å². The Morgan fingerprint density at radius 3 is 2.12 bits per heavy atom. The van der Waals surface area contributed by atoms with Crippen LogP contribution in [0.25, 0.3) is 0 Å². The van der Waals surface area contributed by atoms with Crippen LogP contribution >= 0.6 is 0 Å². The predicted molar refractivity (Wildman–Crippen MR) is 70.9 cm³/mol. The minimum atomic E-state index is 0.159. The van der Waals surface area contributed by atoms with Crippen LogP contribution in [0.15, 0.2) is 24.3 Å². The predicted octanol–water partition coefficient (Wildman–Crippen LogP) is 3.79. The van der Waals surface area contributed by atoms with Crippen LogP contribution in [-0.4, -0.2) is 5.78 Å². The van der Waals surface area contributed by atoms with E-state index in [9.17, 15) is 4.79 Å². The summed E-state index contributed by atoms with van der Waals surface area (Å²) in [6.07, 6.45) is 0.587. The first-order valence-electron chi connectivity index (χ1n) is 6.35. The molecule has 0 bridgehead atoms. The summed E-state index contributed by atoms with van der Waals surface area (Å²) in [4.78, 5) is 12.4. The highest BCUT2D eigenvalue weighted by atomic mass is 16.1. The number of carbonyl (C=O) groups is 1. The molecule has 0 aromatic heterocycles. The molecule has 0 unspecified atom stereocenters. The molecule has 1 saturated carbocycles. The second-order valence-corrected chi connectivity index (χ2v) is 6.45. The zero-order valence-electron chi connectivity index (χ0n) is 11.5. The Morgan fingerprint density at radius 1 is 1.12 bits per heavy atom. The van der Waals surface area contributed by atoms with Crippen molar-refractivity contribution in [1.82, 2.24) is 0 Å². The molecule has 0 N–H and O–H groups in total. The summed E-state index contributed by atoms with van der Waals surface area (Å²) in [6.45, 7) is 10.9. The first kappa shape index (κ1) is 12.3. The summed E-state index contributed by atoms with van der Waals surface area (Å²) in [5.41, 5.74) is 2.72. The van der Waals surface area contributed by atoms with Gasteiger partial charge in [0.1, 0.15) is 5.78 Å². The van der Waals surface area contributed by atoms with Gasteiger partial charge in [-0.2, -0.15) is 0 Å². The minimum Gasteiger partial charge on any atom is -0.299 e. The Hall–Kier alpha value is -1.11. The highest BCUT2D eigenvalue weighted by Gasteiger charge is 2.67. The van der Waals surface area contributed by atoms with E-state index in [0.717, 1.165) is 0 Å². The van der Waals surface area contributed by atoms with Crippen molar-refractivity contribution >= 4 is 5.78 Å². The SMILES string of the molecule is Cc1ccccc1CC(=O)C1C(C)(C)C1(C)C. The van der Waals surface area contributed by atoms with Crippen LogP contribution in [0.2, 0.25) is 0 Å². The summed E-state index contributed by atoms with van der Waals surface area (Å²) < 4.78 is 0. The van der Waals surface area contributed by atoms with Gasteiger partial charge in [-0.25, -0.2) is 0 Å². The zero-order valence-corrected chi connectivity index (χ0v) is 11.5. The molecule has 0 heterocycles. The van der Waals surface area contributed by atoms with E-state index < -0.39 is 0 Å². The minimum absolute atomic E-state index is 0.159. The molecule has 92 valence electrons. The molecule has 1 nitrogen and oxygen atoms in total. The number of rotatable bonds is 3. The lowest BCUT2D eigenvalue weighted by atomic mass is 9.98. The molecule has 1 aliphatic rings. The van der Waals surface area contributed by atoms with Crippen LogP contribution in [0.1, 0.15) is 38.8 Å². The Bertz CT molecular complexity index is 440. The average molecular weight is 230 g/mol. The van der Waals surface area contributed by atoms with E-state index in [1.807, 2.05) is 12.1 Å². The topological polar surface area (TPSA) is 17.1 Å². The Balaban J connectivity index is 2.13. The van der Waals surface area contributed by atoms with Crippen molar-refractivity contribution in [2.75, 3.05) is 0 Å². The molecule has 0 radical (unpaired) electrons. The summed E-state index contributed by atoms with van der Waals surface area (Å²) in [5, 5.41) is 0. The first-order valence-corrected chi connectivity index (χ1v) is 6.35. The van der Waals surface area contributed by atoms with Crippen molar-refractivity contribution in [2.45, 2.75) is 41.0 Å². The third-order valence-corrected chi connectivity index (χ3v) is 4.97. The van der Waals surface area contributed by atoms with Crippen molar-refractivity contribution in [3.8, 4) is 0 Å². The lowest BCUT2D eigenvalue weighted by Crippen LogP contribution is -2.11. The number of hydrogen-bond donors (Lipinski definition) is 0. The normalized spacial score (nSPS) is 21.2. The smallest absolute Gasteiger partial charge is 0.141 e. The number of Topliss-reactive ketones (excluding diaryl/α,β-unsaturated/α-hetero) is 1. The van der Waals surface area contributed by atoms with Gasteiger partial charge < -0.3 is 0 Å². The molecule has 1 aliphatic carbocycles. The second-order valence-electron chi connectivity index (χ2n) is 6.45. The average Bonchev–Trinajstić information content (AvgIpc) is 2.61. The van der Waals surface area contributed by atoms with Gasteiger partial charge in [0.05, 0.1) is 0 Å². The van der Waals surface area contributed by atoms with E-state index in [2.05, 4.69) is 46.8 Å². The van der Waals surface area contributed by atoms with Crippen LogP contribution in [0, 0.1) is 23.7 Å². The van der Waals surface area contributed by atoms with Crippen LogP contribution in [0.5, 0.6) is 0 Å². The molecule has 1 fully saturated rings. The lowest BCUT2D eigenvalue weighted by molar-refractivity contribution is -0.120. The lowest BCUT2D eigenvalue weighted by Gasteiger charge is -2.05. The van der Waals surface area contributed by atoms with Crippen LogP contribution < -0.4 is 0 Å². The van der Waals surface area contributed by atoms with Gasteiger partial charge in [0.2, 0.25) is 0 Å². The van der Waals surface area contributed by atoms with Gasteiger partial charge in [-0.05, 0) is 28.9 Å². The molecule has 0 saturated heterocycles. The van der Waals surface area contributed by atoms with E-state index in [1.165, 1.54) is 11.1 Å². The maximum absolute atomic E-state index is 12.4.